The normalized spacial score (nSPS) is 15.1. The molecule has 0 unspecified atom stereocenters. The second-order valence-electron chi connectivity index (χ2n) is 3.06. The van der Waals surface area contributed by atoms with Gasteiger partial charge in [0.15, 0.2) is 6.10 Å². The van der Waals surface area contributed by atoms with E-state index in [1.807, 2.05) is 22.6 Å². The molecule has 0 heterocycles. The van der Waals surface area contributed by atoms with Gasteiger partial charge in [-0.2, -0.15) is 13.2 Å². The molecule has 0 aliphatic carbocycles. The lowest BCUT2D eigenvalue weighted by atomic mass is 10.0. The van der Waals surface area contributed by atoms with E-state index in [-0.39, 0.29) is 18.0 Å². The van der Waals surface area contributed by atoms with E-state index in [0.29, 0.717) is 0 Å². The zero-order valence-corrected chi connectivity index (χ0v) is 10.9. The Morgan fingerprint density at radius 1 is 1.19 bits per heavy atom. The predicted octanol–water partition coefficient (Wildman–Crippen LogP) is 2.64. The summed E-state index contributed by atoms with van der Waals surface area (Å²) in [5.74, 6) is 0. The molecule has 0 saturated heterocycles. The highest BCUT2D eigenvalue weighted by Crippen LogP contribution is 2.28. The molecule has 92 valence electrons. The molecular weight excluding hydrogens is 357 g/mol. The van der Waals surface area contributed by atoms with Crippen LogP contribution in [0.1, 0.15) is 11.6 Å². The fraction of sp³-hybridized carbons (Fsp3) is 0.333. The molecule has 3 N–H and O–H groups in total. The molecule has 0 radical (unpaired) electrons. The molecule has 0 aliphatic heterocycles. The summed E-state index contributed by atoms with van der Waals surface area (Å²) in [4.78, 5) is 0. The first-order valence-corrected chi connectivity index (χ1v) is 5.16. The van der Waals surface area contributed by atoms with Crippen LogP contribution in [0.2, 0.25) is 0 Å². The summed E-state index contributed by atoms with van der Waals surface area (Å²) < 4.78 is 37.3. The van der Waals surface area contributed by atoms with Crippen LogP contribution in [0.15, 0.2) is 24.3 Å². The van der Waals surface area contributed by atoms with Crippen LogP contribution in [0.4, 0.5) is 13.2 Å². The molecule has 0 spiro atoms. The highest BCUT2D eigenvalue weighted by atomic mass is 127. The second kappa shape index (κ2) is 6.04. The fourth-order valence-electron chi connectivity index (χ4n) is 1.07. The van der Waals surface area contributed by atoms with Gasteiger partial charge in [-0.3, -0.25) is 0 Å². The average molecular weight is 368 g/mol. The highest BCUT2D eigenvalue weighted by molar-refractivity contribution is 14.1. The van der Waals surface area contributed by atoms with Crippen LogP contribution in [0.5, 0.6) is 0 Å². The zero-order chi connectivity index (χ0) is 11.6. The molecule has 2 nitrogen and oxygen atoms in total. The van der Waals surface area contributed by atoms with Crippen molar-refractivity contribution in [2.75, 3.05) is 0 Å². The molecule has 1 rings (SSSR count). The molecule has 2 atom stereocenters. The minimum absolute atomic E-state index is 0. The van der Waals surface area contributed by atoms with Gasteiger partial charge in [0.2, 0.25) is 0 Å². The van der Waals surface area contributed by atoms with Crippen molar-refractivity contribution in [3.05, 3.63) is 33.4 Å². The van der Waals surface area contributed by atoms with Crippen molar-refractivity contribution >= 4 is 35.0 Å². The van der Waals surface area contributed by atoms with E-state index in [4.69, 9.17) is 10.8 Å². The molecule has 0 saturated carbocycles. The largest absolute Gasteiger partial charge is 0.416 e. The van der Waals surface area contributed by atoms with Gasteiger partial charge in [-0.15, -0.1) is 12.4 Å². The fourth-order valence-corrected chi connectivity index (χ4v) is 1.43. The van der Waals surface area contributed by atoms with Gasteiger partial charge < -0.3 is 10.8 Å². The predicted molar refractivity (Wildman–Crippen MR) is 65.4 cm³/mol. The van der Waals surface area contributed by atoms with E-state index in [9.17, 15) is 13.2 Å². The van der Waals surface area contributed by atoms with E-state index in [0.717, 1.165) is 3.57 Å². The van der Waals surface area contributed by atoms with E-state index < -0.39 is 18.3 Å². The summed E-state index contributed by atoms with van der Waals surface area (Å²) in [5.41, 5.74) is 5.57. The Labute approximate surface area is 111 Å². The summed E-state index contributed by atoms with van der Waals surface area (Å²) in [6, 6.07) is 4.78. The smallest absolute Gasteiger partial charge is 0.382 e. The maximum absolute atomic E-state index is 12.1. The van der Waals surface area contributed by atoms with E-state index in [1.54, 1.807) is 12.1 Å². The molecule has 1 aromatic rings. The van der Waals surface area contributed by atoms with Gasteiger partial charge in [-0.05, 0) is 40.3 Å². The molecule has 0 amide bonds. The average Bonchev–Trinajstić information content (AvgIpc) is 2.15. The number of aliphatic hydroxyl groups excluding tert-OH is 1. The van der Waals surface area contributed by atoms with Gasteiger partial charge in [-0.25, -0.2) is 0 Å². The summed E-state index contributed by atoms with van der Waals surface area (Å²) in [7, 11) is 0. The Kier molecular flexibility index (Phi) is 6.02. The third-order valence-electron chi connectivity index (χ3n) is 1.93. The molecule has 0 fully saturated rings. The van der Waals surface area contributed by atoms with Crippen LogP contribution >= 0.6 is 35.0 Å². The van der Waals surface area contributed by atoms with Crippen molar-refractivity contribution in [3.63, 3.8) is 0 Å². The van der Waals surface area contributed by atoms with Crippen LogP contribution < -0.4 is 5.73 Å². The number of benzene rings is 1. The Morgan fingerprint density at radius 3 is 2.00 bits per heavy atom. The molecule has 16 heavy (non-hydrogen) atoms. The van der Waals surface area contributed by atoms with Crippen LogP contribution in [0, 0.1) is 3.57 Å². The van der Waals surface area contributed by atoms with E-state index in [2.05, 4.69) is 0 Å². The van der Waals surface area contributed by atoms with Crippen LogP contribution in [0.3, 0.4) is 0 Å². The maximum Gasteiger partial charge on any atom is 0.416 e. The first-order chi connectivity index (χ1) is 6.82. The summed E-state index contributed by atoms with van der Waals surface area (Å²) in [6.07, 6.45) is -7.22. The lowest BCUT2D eigenvalue weighted by Gasteiger charge is -2.21. The van der Waals surface area contributed by atoms with Gasteiger partial charge in [0.1, 0.15) is 0 Å². The van der Waals surface area contributed by atoms with Crippen molar-refractivity contribution in [3.8, 4) is 0 Å². The summed E-state index contributed by atoms with van der Waals surface area (Å²) >= 11 is 2.03. The number of alkyl halides is 3. The van der Waals surface area contributed by atoms with Gasteiger partial charge in [0, 0.05) is 3.57 Å². The number of nitrogens with two attached hydrogens (primary N) is 1. The van der Waals surface area contributed by atoms with Gasteiger partial charge >= 0.3 is 6.18 Å². The first kappa shape index (κ1) is 16.0. The van der Waals surface area contributed by atoms with Crippen LogP contribution in [0.25, 0.3) is 0 Å². The number of hydrogen-bond acceptors (Lipinski definition) is 2. The molecule has 0 bridgehead atoms. The van der Waals surface area contributed by atoms with Crippen LogP contribution in [-0.2, 0) is 0 Å². The van der Waals surface area contributed by atoms with Crippen molar-refractivity contribution in [1.82, 2.24) is 0 Å². The Bertz CT molecular complexity index is 331. The van der Waals surface area contributed by atoms with E-state index in [1.165, 1.54) is 12.1 Å². The third kappa shape index (κ3) is 4.08. The molecule has 7 heteroatoms. The number of hydrogen-bond donors (Lipinski definition) is 2. The minimum Gasteiger partial charge on any atom is -0.382 e. The molecule has 0 aromatic heterocycles. The van der Waals surface area contributed by atoms with Gasteiger partial charge in [0.05, 0.1) is 6.04 Å². The van der Waals surface area contributed by atoms with Crippen molar-refractivity contribution in [2.24, 2.45) is 5.73 Å². The van der Waals surface area contributed by atoms with Gasteiger partial charge in [0.25, 0.3) is 0 Å². The molecular formula is C9H10ClF3INO. The molecule has 1 aromatic carbocycles. The Hall–Kier alpha value is -0.0500. The quantitative estimate of drug-likeness (QED) is 0.790. The lowest BCUT2D eigenvalue weighted by molar-refractivity contribution is -0.210. The topological polar surface area (TPSA) is 46.2 Å². The Balaban J connectivity index is 0.00000225. The lowest BCUT2D eigenvalue weighted by Crippen LogP contribution is -2.38. The maximum atomic E-state index is 12.1. The van der Waals surface area contributed by atoms with E-state index >= 15 is 0 Å². The summed E-state index contributed by atoms with van der Waals surface area (Å²) in [6.45, 7) is 0. The molecule has 0 aliphatic rings. The van der Waals surface area contributed by atoms with Crippen molar-refractivity contribution in [1.29, 1.82) is 0 Å². The standard InChI is InChI=1S/C9H9F3INO.ClH/c10-9(11,12)8(15)7(14)5-1-3-6(13)4-2-5;/h1-4,7-8,15H,14H2;1H/t7-,8-;/m1./s1. The Morgan fingerprint density at radius 2 is 1.62 bits per heavy atom. The number of rotatable bonds is 2. The second-order valence-corrected chi connectivity index (χ2v) is 4.31. The SMILES string of the molecule is Cl.N[C@H](c1ccc(I)cc1)[C@@H](O)C(F)(F)F. The van der Waals surface area contributed by atoms with Crippen LogP contribution in [-0.4, -0.2) is 17.4 Å². The third-order valence-corrected chi connectivity index (χ3v) is 2.65. The summed E-state index contributed by atoms with van der Waals surface area (Å²) in [5, 5.41) is 8.93. The minimum atomic E-state index is -4.69. The monoisotopic (exact) mass is 367 g/mol. The van der Waals surface area contributed by atoms with Crippen molar-refractivity contribution < 1.29 is 18.3 Å². The number of halogens is 5. The first-order valence-electron chi connectivity index (χ1n) is 4.08. The van der Waals surface area contributed by atoms with Gasteiger partial charge in [-0.1, -0.05) is 12.1 Å². The zero-order valence-electron chi connectivity index (χ0n) is 7.91. The highest BCUT2D eigenvalue weighted by Gasteiger charge is 2.42. The number of aliphatic hydroxyl groups is 1. The van der Waals surface area contributed by atoms with Crippen molar-refractivity contribution in [2.45, 2.75) is 18.3 Å².